The Kier molecular flexibility index (Phi) is 1.49. The van der Waals surface area contributed by atoms with Gasteiger partial charge in [0.25, 0.3) is 5.78 Å². The number of carbonyl (C=O) groups is 2. The Labute approximate surface area is 75.3 Å². The molecule has 0 spiro atoms. The van der Waals surface area contributed by atoms with Gasteiger partial charge >= 0.3 is 5.97 Å². The molecule has 0 unspecified atom stereocenters. The number of aryl methyl sites for hydroxylation is 1. The molecule has 0 saturated carbocycles. The summed E-state index contributed by atoms with van der Waals surface area (Å²) >= 11 is 0. The lowest BCUT2D eigenvalue weighted by Crippen LogP contribution is -2.11. The van der Waals surface area contributed by atoms with E-state index in [1.165, 1.54) is 0 Å². The smallest absolute Gasteiger partial charge is 0.385 e. The van der Waals surface area contributed by atoms with Gasteiger partial charge in [0.1, 0.15) is 5.75 Å². The Hall–Kier alpha value is -1.64. The van der Waals surface area contributed by atoms with E-state index in [-0.39, 0.29) is 0 Å². The molecule has 0 N–H and O–H groups in total. The van der Waals surface area contributed by atoms with Crippen LogP contribution in [-0.2, 0) is 4.79 Å². The summed E-state index contributed by atoms with van der Waals surface area (Å²) in [5.41, 5.74) is 2.24. The number of esters is 1. The molecule has 3 nitrogen and oxygen atoms in total. The predicted molar refractivity (Wildman–Crippen MR) is 45.9 cm³/mol. The third kappa shape index (κ3) is 0.967. The lowest BCUT2D eigenvalue weighted by Gasteiger charge is -2.02. The summed E-state index contributed by atoms with van der Waals surface area (Å²) in [6.45, 7) is 3.71. The Balaban J connectivity index is 2.73. The van der Waals surface area contributed by atoms with Crippen LogP contribution in [0.4, 0.5) is 0 Å². The number of Topliss-reactive ketones (excluding diaryl/α,β-unsaturated/α-hetero) is 1. The summed E-state index contributed by atoms with van der Waals surface area (Å²) in [6, 6.07) is 3.49. The minimum atomic E-state index is -0.774. The van der Waals surface area contributed by atoms with E-state index < -0.39 is 11.8 Å². The van der Waals surface area contributed by atoms with Gasteiger partial charge in [0.05, 0.1) is 5.56 Å². The second-order valence-corrected chi connectivity index (χ2v) is 3.10. The van der Waals surface area contributed by atoms with Gasteiger partial charge in [-0.25, -0.2) is 4.79 Å². The third-order valence-corrected chi connectivity index (χ3v) is 2.31. The fourth-order valence-corrected chi connectivity index (χ4v) is 1.41. The van der Waals surface area contributed by atoms with Crippen molar-refractivity contribution in [2.75, 3.05) is 0 Å². The SMILES string of the molecule is Cc1ccc2c(c1C)C(=O)C(=O)O2. The maximum Gasteiger partial charge on any atom is 0.385 e. The number of fused-ring (bicyclic) bond motifs is 1. The summed E-state index contributed by atoms with van der Waals surface area (Å²) in [6.07, 6.45) is 0. The average Bonchev–Trinajstić information content (AvgIpc) is 2.37. The molecule has 0 radical (unpaired) electrons. The summed E-state index contributed by atoms with van der Waals surface area (Å²) in [5.74, 6) is -0.919. The highest BCUT2D eigenvalue weighted by atomic mass is 16.5. The van der Waals surface area contributed by atoms with Gasteiger partial charge in [-0.15, -0.1) is 0 Å². The minimum absolute atomic E-state index is 0.387. The summed E-state index contributed by atoms with van der Waals surface area (Å²) in [5, 5.41) is 0. The fraction of sp³-hybridized carbons (Fsp3) is 0.200. The van der Waals surface area contributed by atoms with Crippen molar-refractivity contribution in [3.63, 3.8) is 0 Å². The normalized spacial score (nSPS) is 14.3. The Morgan fingerprint density at radius 3 is 2.54 bits per heavy atom. The molecule has 0 aromatic heterocycles. The van der Waals surface area contributed by atoms with E-state index in [4.69, 9.17) is 4.74 Å². The summed E-state index contributed by atoms with van der Waals surface area (Å²) < 4.78 is 4.77. The first-order valence-corrected chi connectivity index (χ1v) is 3.98. The molecule has 0 amide bonds. The van der Waals surface area contributed by atoms with Crippen LogP contribution in [0, 0.1) is 13.8 Å². The number of ether oxygens (including phenoxy) is 1. The van der Waals surface area contributed by atoms with E-state index in [0.717, 1.165) is 11.1 Å². The fourth-order valence-electron chi connectivity index (χ4n) is 1.41. The molecule has 3 heteroatoms. The molecule has 1 aliphatic heterocycles. The van der Waals surface area contributed by atoms with Crippen molar-refractivity contribution >= 4 is 11.8 Å². The monoisotopic (exact) mass is 176 g/mol. The van der Waals surface area contributed by atoms with Crippen molar-refractivity contribution in [2.24, 2.45) is 0 Å². The topological polar surface area (TPSA) is 43.4 Å². The molecule has 2 rings (SSSR count). The molecular formula is C10H8O3. The number of benzene rings is 1. The van der Waals surface area contributed by atoms with E-state index in [0.29, 0.717) is 11.3 Å². The van der Waals surface area contributed by atoms with Crippen molar-refractivity contribution in [3.8, 4) is 5.75 Å². The van der Waals surface area contributed by atoms with E-state index in [1.807, 2.05) is 19.9 Å². The second-order valence-electron chi connectivity index (χ2n) is 3.10. The highest BCUT2D eigenvalue weighted by molar-refractivity contribution is 6.44. The molecule has 0 bridgehead atoms. The van der Waals surface area contributed by atoms with Crippen LogP contribution in [-0.4, -0.2) is 11.8 Å². The van der Waals surface area contributed by atoms with Crippen molar-refractivity contribution in [1.82, 2.24) is 0 Å². The van der Waals surface area contributed by atoms with Gasteiger partial charge in [0.15, 0.2) is 0 Å². The van der Waals surface area contributed by atoms with Crippen LogP contribution in [0.2, 0.25) is 0 Å². The molecule has 1 aromatic carbocycles. The van der Waals surface area contributed by atoms with Gasteiger partial charge in [-0.05, 0) is 31.0 Å². The first-order chi connectivity index (χ1) is 6.11. The Bertz CT molecular complexity index is 418. The Morgan fingerprint density at radius 1 is 1.15 bits per heavy atom. The molecule has 66 valence electrons. The van der Waals surface area contributed by atoms with Crippen LogP contribution in [0.25, 0.3) is 0 Å². The quantitative estimate of drug-likeness (QED) is 0.341. The van der Waals surface area contributed by atoms with Gasteiger partial charge in [-0.1, -0.05) is 6.07 Å². The molecule has 0 fully saturated rings. The van der Waals surface area contributed by atoms with Gasteiger partial charge < -0.3 is 4.74 Å². The zero-order chi connectivity index (χ0) is 9.59. The van der Waals surface area contributed by atoms with Crippen molar-refractivity contribution < 1.29 is 14.3 Å². The first kappa shape index (κ1) is 7.98. The average molecular weight is 176 g/mol. The zero-order valence-corrected chi connectivity index (χ0v) is 7.38. The number of hydrogen-bond donors (Lipinski definition) is 0. The molecule has 1 heterocycles. The number of ketones is 1. The van der Waals surface area contributed by atoms with Crippen molar-refractivity contribution in [3.05, 3.63) is 28.8 Å². The predicted octanol–water partition coefficient (Wildman–Crippen LogP) is 1.41. The molecule has 13 heavy (non-hydrogen) atoms. The third-order valence-electron chi connectivity index (χ3n) is 2.31. The number of carbonyl (C=O) groups excluding carboxylic acids is 2. The summed E-state index contributed by atoms with van der Waals surface area (Å²) in [4.78, 5) is 22.2. The van der Waals surface area contributed by atoms with E-state index in [1.54, 1.807) is 6.07 Å². The molecule has 0 aliphatic carbocycles. The number of hydrogen-bond acceptors (Lipinski definition) is 3. The van der Waals surface area contributed by atoms with Crippen LogP contribution in [0.5, 0.6) is 5.75 Å². The molecule has 1 aromatic rings. The number of rotatable bonds is 0. The maximum absolute atomic E-state index is 11.3. The van der Waals surface area contributed by atoms with Crippen molar-refractivity contribution in [2.45, 2.75) is 13.8 Å². The summed E-state index contributed by atoms with van der Waals surface area (Å²) in [7, 11) is 0. The van der Waals surface area contributed by atoms with Crippen LogP contribution >= 0.6 is 0 Å². The molecular weight excluding hydrogens is 168 g/mol. The standard InChI is InChI=1S/C10H8O3/c1-5-3-4-7-8(6(5)2)9(11)10(12)13-7/h3-4H,1-2H3. The minimum Gasteiger partial charge on any atom is -0.420 e. The van der Waals surface area contributed by atoms with Gasteiger partial charge in [0, 0.05) is 0 Å². The van der Waals surface area contributed by atoms with Gasteiger partial charge in [-0.2, -0.15) is 0 Å². The molecule has 0 atom stereocenters. The molecule has 0 saturated heterocycles. The van der Waals surface area contributed by atoms with E-state index >= 15 is 0 Å². The zero-order valence-electron chi connectivity index (χ0n) is 7.38. The lowest BCUT2D eigenvalue weighted by molar-refractivity contribution is -0.128. The Morgan fingerprint density at radius 2 is 1.85 bits per heavy atom. The first-order valence-electron chi connectivity index (χ1n) is 3.98. The second kappa shape index (κ2) is 2.42. The van der Waals surface area contributed by atoms with Crippen molar-refractivity contribution in [1.29, 1.82) is 0 Å². The van der Waals surface area contributed by atoms with E-state index in [9.17, 15) is 9.59 Å². The van der Waals surface area contributed by atoms with Crippen LogP contribution < -0.4 is 4.74 Å². The van der Waals surface area contributed by atoms with E-state index in [2.05, 4.69) is 0 Å². The lowest BCUT2D eigenvalue weighted by atomic mass is 10.0. The largest absolute Gasteiger partial charge is 0.420 e. The van der Waals surface area contributed by atoms with Crippen LogP contribution in [0.3, 0.4) is 0 Å². The van der Waals surface area contributed by atoms with Gasteiger partial charge in [-0.3, -0.25) is 4.79 Å². The maximum atomic E-state index is 11.3. The van der Waals surface area contributed by atoms with Crippen LogP contribution in [0.1, 0.15) is 21.5 Å². The highest BCUT2D eigenvalue weighted by Gasteiger charge is 2.32. The highest BCUT2D eigenvalue weighted by Crippen LogP contribution is 2.30. The molecule has 1 aliphatic rings. The van der Waals surface area contributed by atoms with Gasteiger partial charge in [0.2, 0.25) is 0 Å². The van der Waals surface area contributed by atoms with Crippen LogP contribution in [0.15, 0.2) is 12.1 Å².